The first-order valence-electron chi connectivity index (χ1n) is 11.5. The third-order valence-corrected chi connectivity index (χ3v) is 19.8. The van der Waals surface area contributed by atoms with Crippen molar-refractivity contribution in [3.63, 3.8) is 0 Å². The van der Waals surface area contributed by atoms with Crippen LogP contribution in [-0.2, 0) is 0 Å². The molecule has 0 saturated carbocycles. The first-order chi connectivity index (χ1) is 17.2. The zero-order valence-electron chi connectivity index (χ0n) is 18.1. The van der Waals surface area contributed by atoms with E-state index in [0.29, 0.717) is 21.0 Å². The summed E-state index contributed by atoms with van der Waals surface area (Å²) in [6, 6.07) is 18.6. The highest BCUT2D eigenvalue weighted by Gasteiger charge is 2.43. The quantitative estimate of drug-likeness (QED) is 0.232. The van der Waals surface area contributed by atoms with E-state index >= 15 is 0 Å². The highest BCUT2D eigenvalue weighted by Crippen LogP contribution is 2.70. The minimum absolute atomic E-state index is 0.605. The molecule has 172 valence electrons. The predicted molar refractivity (Wildman–Crippen MR) is 165 cm³/mol. The van der Waals surface area contributed by atoms with E-state index in [1.165, 1.54) is 49.5 Å². The molecule has 0 amide bonds. The first-order valence-corrected chi connectivity index (χ1v) is 18.3. The Labute approximate surface area is 238 Å². The predicted octanol–water partition coefficient (Wildman–Crippen LogP) is 10.9. The minimum atomic E-state index is 0.605. The van der Waals surface area contributed by atoms with Crippen LogP contribution in [0.2, 0.25) is 0 Å². The van der Waals surface area contributed by atoms with Crippen LogP contribution >= 0.6 is 94.1 Å². The van der Waals surface area contributed by atoms with Gasteiger partial charge in [-0.15, -0.1) is 47.0 Å². The Balaban J connectivity index is 0.975. The number of allylic oxidation sites excluding steroid dienone is 2. The van der Waals surface area contributed by atoms with Crippen molar-refractivity contribution >= 4 is 105 Å². The van der Waals surface area contributed by atoms with Crippen molar-refractivity contribution in [1.29, 1.82) is 0 Å². The number of hydrogen-bond acceptors (Lipinski definition) is 8. The van der Waals surface area contributed by atoms with Crippen LogP contribution in [0.5, 0.6) is 0 Å². The topological polar surface area (TPSA) is 0 Å². The van der Waals surface area contributed by atoms with Crippen molar-refractivity contribution in [1.82, 2.24) is 0 Å². The van der Waals surface area contributed by atoms with E-state index in [1.807, 2.05) is 47.0 Å². The second-order valence-electron chi connectivity index (χ2n) is 9.17. The maximum Gasteiger partial charge on any atom is 0.0819 e. The van der Waals surface area contributed by atoms with Crippen LogP contribution < -0.4 is 0 Å². The molecule has 2 bridgehead atoms. The molecule has 4 unspecified atom stereocenters. The van der Waals surface area contributed by atoms with Crippen LogP contribution in [-0.4, -0.2) is 9.16 Å². The van der Waals surface area contributed by atoms with E-state index in [9.17, 15) is 0 Å². The smallest absolute Gasteiger partial charge is 0.0819 e. The molecule has 2 aliphatic carbocycles. The van der Waals surface area contributed by atoms with Crippen molar-refractivity contribution in [3.05, 3.63) is 88.8 Å². The Morgan fingerprint density at radius 1 is 0.514 bits per heavy atom. The normalized spacial score (nSPS) is 29.5. The molecule has 4 atom stereocenters. The van der Waals surface area contributed by atoms with Crippen LogP contribution in [0, 0.1) is 0 Å². The van der Waals surface area contributed by atoms with Gasteiger partial charge in [0.15, 0.2) is 0 Å². The second-order valence-corrected chi connectivity index (χ2v) is 19.6. The highest BCUT2D eigenvalue weighted by atomic mass is 32.3. The summed E-state index contributed by atoms with van der Waals surface area (Å²) in [7, 11) is 0. The summed E-state index contributed by atoms with van der Waals surface area (Å²) in [6.45, 7) is 0. The maximum absolute atomic E-state index is 2.54. The van der Waals surface area contributed by atoms with Crippen LogP contribution in [0.4, 0.5) is 0 Å². The van der Waals surface area contributed by atoms with Crippen LogP contribution in [0.15, 0.2) is 97.2 Å². The van der Waals surface area contributed by atoms with Crippen molar-refractivity contribution in [3.8, 4) is 0 Å². The van der Waals surface area contributed by atoms with Gasteiger partial charge < -0.3 is 0 Å². The largest absolute Gasteiger partial charge is 0.108 e. The Kier molecular flexibility index (Phi) is 5.13. The zero-order valence-corrected chi connectivity index (χ0v) is 24.6. The fourth-order valence-corrected chi connectivity index (χ4v) is 18.8. The molecule has 9 rings (SSSR count). The average Bonchev–Trinajstić information content (AvgIpc) is 3.66. The molecule has 0 N–H and O–H groups in total. The SMILES string of the molecule is C1=CC2CC1c1cc3c(cc12)SC1SC(=C2SC4=C(S2)Sc2cc5ccccc5cc2S4)SC1S3. The van der Waals surface area contributed by atoms with Gasteiger partial charge in [-0.3, -0.25) is 0 Å². The second kappa shape index (κ2) is 8.22. The number of fused-ring (bicyclic) bond motifs is 9. The van der Waals surface area contributed by atoms with E-state index in [-0.39, 0.29) is 0 Å². The summed E-state index contributed by atoms with van der Waals surface area (Å²) in [5.41, 5.74) is 3.22. The van der Waals surface area contributed by atoms with Crippen molar-refractivity contribution in [2.24, 2.45) is 0 Å². The van der Waals surface area contributed by atoms with Crippen molar-refractivity contribution in [2.45, 2.75) is 47.0 Å². The van der Waals surface area contributed by atoms with E-state index in [0.717, 1.165) is 0 Å². The monoisotopic (exact) mass is 596 g/mol. The van der Waals surface area contributed by atoms with Crippen LogP contribution in [0.3, 0.4) is 0 Å². The Bertz CT molecular complexity index is 1460. The summed E-state index contributed by atoms with van der Waals surface area (Å²) >= 11 is 16.4. The zero-order chi connectivity index (χ0) is 22.7. The number of benzene rings is 3. The third-order valence-electron chi connectivity index (χ3n) is 7.11. The van der Waals surface area contributed by atoms with Gasteiger partial charge in [0, 0.05) is 31.4 Å². The van der Waals surface area contributed by atoms with Gasteiger partial charge in [-0.25, -0.2) is 0 Å². The Morgan fingerprint density at radius 2 is 1.03 bits per heavy atom. The average molecular weight is 597 g/mol. The molecular weight excluding hydrogens is 581 g/mol. The van der Waals surface area contributed by atoms with Crippen LogP contribution in [0.1, 0.15) is 29.4 Å². The first kappa shape index (κ1) is 21.8. The molecular formula is C27H16S8. The van der Waals surface area contributed by atoms with Gasteiger partial charge in [0.25, 0.3) is 0 Å². The fraction of sp³-hybridized carbons (Fsp3) is 0.185. The molecule has 6 aliphatic rings. The molecule has 4 aliphatic heterocycles. The van der Waals surface area contributed by atoms with Gasteiger partial charge >= 0.3 is 0 Å². The molecule has 4 heterocycles. The summed E-state index contributed by atoms with van der Waals surface area (Å²) in [6.07, 6.45) is 6.18. The van der Waals surface area contributed by atoms with Crippen molar-refractivity contribution < 1.29 is 0 Å². The summed E-state index contributed by atoms with van der Waals surface area (Å²) in [4.78, 5) is 5.86. The van der Waals surface area contributed by atoms with Gasteiger partial charge in [0.05, 0.1) is 26.1 Å². The molecule has 0 aromatic heterocycles. The maximum atomic E-state index is 2.54. The van der Waals surface area contributed by atoms with E-state index in [4.69, 9.17) is 0 Å². The minimum Gasteiger partial charge on any atom is -0.108 e. The van der Waals surface area contributed by atoms with Crippen molar-refractivity contribution in [2.75, 3.05) is 0 Å². The van der Waals surface area contributed by atoms with Gasteiger partial charge in [-0.1, -0.05) is 83.5 Å². The summed E-state index contributed by atoms with van der Waals surface area (Å²) < 4.78 is 7.21. The third kappa shape index (κ3) is 3.47. The fourth-order valence-electron chi connectivity index (χ4n) is 5.47. The van der Waals surface area contributed by atoms with E-state index in [1.54, 1.807) is 15.4 Å². The molecule has 0 radical (unpaired) electrons. The molecule has 0 nitrogen and oxygen atoms in total. The van der Waals surface area contributed by atoms with E-state index < -0.39 is 0 Å². The highest BCUT2D eigenvalue weighted by molar-refractivity contribution is 8.44. The lowest BCUT2D eigenvalue weighted by atomic mass is 9.97. The van der Waals surface area contributed by atoms with Gasteiger partial charge in [-0.2, -0.15) is 0 Å². The molecule has 0 spiro atoms. The van der Waals surface area contributed by atoms with Gasteiger partial charge in [-0.05, 0) is 52.6 Å². The van der Waals surface area contributed by atoms with Crippen LogP contribution in [0.25, 0.3) is 10.8 Å². The molecule has 8 heteroatoms. The Hall–Kier alpha value is -0.0600. The molecule has 3 aromatic rings. The lowest BCUT2D eigenvalue weighted by Crippen LogP contribution is -2.12. The van der Waals surface area contributed by atoms with E-state index in [2.05, 4.69) is 108 Å². The molecule has 1 fully saturated rings. The standard InChI is InChI=1S/C27H16S8/c1-2-4-13-9-19-18(8-12(13)3-1)28-22-23(29-19)33-26(32-22)27-34-24-25(35-27)31-21-11-17-15-6-5-14(7-15)16(17)10-20(21)30-24/h1-6,8-11,14-15,24-25H,7H2. The molecule has 3 aromatic carbocycles. The number of hydrogen-bond donors (Lipinski definition) is 0. The number of thioether (sulfide) groups is 8. The molecule has 1 saturated heterocycles. The summed E-state index contributed by atoms with van der Waals surface area (Å²) in [5.74, 6) is 1.35. The Morgan fingerprint density at radius 3 is 1.57 bits per heavy atom. The molecule has 35 heavy (non-hydrogen) atoms. The lowest BCUT2D eigenvalue weighted by Gasteiger charge is -2.26. The lowest BCUT2D eigenvalue weighted by molar-refractivity contribution is 0.804. The summed E-state index contributed by atoms with van der Waals surface area (Å²) in [5, 5.41) is 2.68. The number of rotatable bonds is 0. The van der Waals surface area contributed by atoms with Gasteiger partial charge in [0.2, 0.25) is 0 Å². The van der Waals surface area contributed by atoms with Gasteiger partial charge in [0.1, 0.15) is 0 Å².